The van der Waals surface area contributed by atoms with Gasteiger partial charge in [0.1, 0.15) is 12.4 Å². The predicted octanol–water partition coefficient (Wildman–Crippen LogP) is -0.141. The fraction of sp³-hybridized carbons (Fsp3) is 0.500. The number of rotatable bonds is 1. The summed E-state index contributed by atoms with van der Waals surface area (Å²) in [6.07, 6.45) is 1.97. The fourth-order valence-corrected chi connectivity index (χ4v) is 0.343. The largest absolute Gasteiger partial charge is 0.493 e. The number of nitrogens with two attached hydrogens (primary N) is 1. The average molecular weight is 85.1 g/mol. The van der Waals surface area contributed by atoms with Crippen molar-refractivity contribution < 1.29 is 4.74 Å². The van der Waals surface area contributed by atoms with Crippen LogP contribution in [0.4, 0.5) is 0 Å². The zero-order valence-electron chi connectivity index (χ0n) is 3.48. The van der Waals surface area contributed by atoms with Gasteiger partial charge in [-0.25, -0.2) is 0 Å². The van der Waals surface area contributed by atoms with Crippen molar-refractivity contribution in [2.75, 3.05) is 13.2 Å². The van der Waals surface area contributed by atoms with Gasteiger partial charge in [0.25, 0.3) is 0 Å². The van der Waals surface area contributed by atoms with Crippen molar-refractivity contribution in [3.05, 3.63) is 11.8 Å². The molecule has 0 aliphatic carbocycles. The van der Waals surface area contributed by atoms with Crippen LogP contribution in [-0.2, 0) is 4.74 Å². The van der Waals surface area contributed by atoms with Crippen LogP contribution in [0.15, 0.2) is 11.8 Å². The smallest absolute Gasteiger partial charge is 0.110 e. The van der Waals surface area contributed by atoms with Crippen molar-refractivity contribution in [3.8, 4) is 0 Å². The molecule has 0 saturated carbocycles. The Morgan fingerprint density at radius 3 is 2.67 bits per heavy atom. The van der Waals surface area contributed by atoms with Crippen LogP contribution in [0.2, 0.25) is 0 Å². The lowest BCUT2D eigenvalue weighted by molar-refractivity contribution is 0.194. The van der Waals surface area contributed by atoms with E-state index in [2.05, 4.69) is 0 Å². The molecule has 0 aromatic rings. The maximum atomic E-state index is 5.14. The minimum atomic E-state index is 0.556. The van der Waals surface area contributed by atoms with Gasteiger partial charge >= 0.3 is 0 Å². The van der Waals surface area contributed by atoms with Crippen LogP contribution >= 0.6 is 0 Å². The Bertz CT molecular complexity index is 77.6. The lowest BCUT2D eigenvalue weighted by atomic mass is 10.4. The molecule has 2 nitrogen and oxygen atoms in total. The second-order valence-corrected chi connectivity index (χ2v) is 1.19. The Labute approximate surface area is 36.6 Å². The number of ether oxygens (including phenoxy) is 1. The molecule has 0 bridgehead atoms. The second-order valence-electron chi connectivity index (χ2n) is 1.19. The van der Waals surface area contributed by atoms with Gasteiger partial charge in [-0.15, -0.1) is 0 Å². The Morgan fingerprint density at radius 2 is 2.67 bits per heavy atom. The molecule has 1 rings (SSSR count). The molecule has 0 amide bonds. The van der Waals surface area contributed by atoms with Crippen molar-refractivity contribution in [2.24, 2.45) is 5.73 Å². The molecule has 0 aromatic carbocycles. The summed E-state index contributed by atoms with van der Waals surface area (Å²) in [6.45, 7) is 1.31. The lowest BCUT2D eigenvalue weighted by Crippen LogP contribution is -2.13. The molecule has 0 fully saturated rings. The highest BCUT2D eigenvalue weighted by Gasteiger charge is 2.00. The molecule has 0 unspecified atom stereocenters. The SMILES string of the molecule is NCC1=CCO1. The minimum absolute atomic E-state index is 0.556. The summed E-state index contributed by atoms with van der Waals surface area (Å²) in [7, 11) is 0. The van der Waals surface area contributed by atoms with Crippen molar-refractivity contribution in [1.82, 2.24) is 0 Å². The zero-order chi connectivity index (χ0) is 4.41. The fourth-order valence-electron chi connectivity index (χ4n) is 0.343. The summed E-state index contributed by atoms with van der Waals surface area (Å²) >= 11 is 0. The van der Waals surface area contributed by atoms with Crippen molar-refractivity contribution in [2.45, 2.75) is 0 Å². The lowest BCUT2D eigenvalue weighted by Gasteiger charge is -2.13. The van der Waals surface area contributed by atoms with Crippen molar-refractivity contribution in [1.29, 1.82) is 0 Å². The molecule has 6 heavy (non-hydrogen) atoms. The van der Waals surface area contributed by atoms with Gasteiger partial charge in [-0.1, -0.05) is 0 Å². The zero-order valence-corrected chi connectivity index (χ0v) is 3.48. The predicted molar refractivity (Wildman–Crippen MR) is 23.1 cm³/mol. The molecule has 0 spiro atoms. The Morgan fingerprint density at radius 1 is 2.00 bits per heavy atom. The van der Waals surface area contributed by atoms with Crippen LogP contribution in [0.3, 0.4) is 0 Å². The van der Waals surface area contributed by atoms with E-state index in [1.54, 1.807) is 0 Å². The number of hydrogen-bond donors (Lipinski definition) is 1. The molecule has 0 saturated heterocycles. The highest BCUT2D eigenvalue weighted by molar-refractivity contribution is 5.02. The maximum absolute atomic E-state index is 5.14. The molecule has 0 aromatic heterocycles. The van der Waals surface area contributed by atoms with Gasteiger partial charge in [0.2, 0.25) is 0 Å². The van der Waals surface area contributed by atoms with Crippen LogP contribution < -0.4 is 5.73 Å². The van der Waals surface area contributed by atoms with Gasteiger partial charge < -0.3 is 10.5 Å². The monoisotopic (exact) mass is 85.1 g/mol. The maximum Gasteiger partial charge on any atom is 0.110 e. The first-order valence-corrected chi connectivity index (χ1v) is 1.95. The van der Waals surface area contributed by atoms with E-state index in [-0.39, 0.29) is 0 Å². The standard InChI is InChI=1S/C4H7NO/c5-3-4-1-2-6-4/h1H,2-3,5H2. The van der Waals surface area contributed by atoms with E-state index >= 15 is 0 Å². The van der Waals surface area contributed by atoms with Crippen LogP contribution in [0, 0.1) is 0 Å². The van der Waals surface area contributed by atoms with Gasteiger partial charge in [0.05, 0.1) is 6.54 Å². The Kier molecular flexibility index (Phi) is 0.801. The molecule has 0 radical (unpaired) electrons. The molecule has 2 heteroatoms. The van der Waals surface area contributed by atoms with Crippen LogP contribution in [0.5, 0.6) is 0 Å². The second kappa shape index (κ2) is 1.30. The quantitative estimate of drug-likeness (QED) is 0.481. The van der Waals surface area contributed by atoms with Crippen LogP contribution in [0.25, 0.3) is 0 Å². The summed E-state index contributed by atoms with van der Waals surface area (Å²) in [6, 6.07) is 0. The first-order valence-electron chi connectivity index (χ1n) is 1.95. The summed E-state index contributed by atoms with van der Waals surface area (Å²) in [5.74, 6) is 0.926. The van der Waals surface area contributed by atoms with Crippen LogP contribution in [0.1, 0.15) is 0 Å². The highest BCUT2D eigenvalue weighted by atomic mass is 16.5. The van der Waals surface area contributed by atoms with E-state index in [0.717, 1.165) is 12.4 Å². The normalized spacial score (nSPS) is 17.8. The third-order valence-electron chi connectivity index (χ3n) is 0.781. The van der Waals surface area contributed by atoms with Gasteiger partial charge in [0, 0.05) is 0 Å². The Hall–Kier alpha value is -0.500. The van der Waals surface area contributed by atoms with Gasteiger partial charge in [-0.2, -0.15) is 0 Å². The first-order chi connectivity index (χ1) is 2.93. The van der Waals surface area contributed by atoms with Gasteiger partial charge in [0.15, 0.2) is 0 Å². The van der Waals surface area contributed by atoms with E-state index in [9.17, 15) is 0 Å². The molecular formula is C4H7NO. The molecule has 1 heterocycles. The Balaban J connectivity index is 2.32. The van der Waals surface area contributed by atoms with E-state index in [0.29, 0.717) is 6.54 Å². The molecule has 0 atom stereocenters. The topological polar surface area (TPSA) is 35.2 Å². The summed E-state index contributed by atoms with van der Waals surface area (Å²) < 4.78 is 4.82. The third-order valence-corrected chi connectivity index (χ3v) is 0.781. The third kappa shape index (κ3) is 0.389. The number of hydrogen-bond acceptors (Lipinski definition) is 2. The van der Waals surface area contributed by atoms with Crippen molar-refractivity contribution >= 4 is 0 Å². The van der Waals surface area contributed by atoms with E-state index in [1.807, 2.05) is 6.08 Å². The average Bonchev–Trinajstić information content (AvgIpc) is 1.31. The van der Waals surface area contributed by atoms with E-state index < -0.39 is 0 Å². The van der Waals surface area contributed by atoms with Crippen molar-refractivity contribution in [3.63, 3.8) is 0 Å². The van der Waals surface area contributed by atoms with Gasteiger partial charge in [-0.3, -0.25) is 0 Å². The molecular weight excluding hydrogens is 78.0 g/mol. The molecule has 1 aliphatic heterocycles. The minimum Gasteiger partial charge on any atom is -0.493 e. The highest BCUT2D eigenvalue weighted by Crippen LogP contribution is 2.03. The van der Waals surface area contributed by atoms with Crippen LogP contribution in [-0.4, -0.2) is 13.2 Å². The summed E-state index contributed by atoms with van der Waals surface area (Å²) in [5, 5.41) is 0. The summed E-state index contributed by atoms with van der Waals surface area (Å²) in [4.78, 5) is 0. The molecule has 2 N–H and O–H groups in total. The molecule has 34 valence electrons. The summed E-state index contributed by atoms with van der Waals surface area (Å²) in [5.41, 5.74) is 5.14. The van der Waals surface area contributed by atoms with Gasteiger partial charge in [-0.05, 0) is 6.08 Å². The first kappa shape index (κ1) is 3.68. The molecule has 1 aliphatic rings. The van der Waals surface area contributed by atoms with E-state index in [4.69, 9.17) is 10.5 Å². The van der Waals surface area contributed by atoms with E-state index in [1.165, 1.54) is 0 Å².